The molecule has 0 N–H and O–H groups in total. The van der Waals surface area contributed by atoms with Crippen molar-refractivity contribution in [1.29, 1.82) is 0 Å². The first-order chi connectivity index (χ1) is 6.74. The number of carbonyl (C=O) groups excluding carboxylic acids is 1. The van der Waals surface area contributed by atoms with Crippen molar-refractivity contribution in [2.24, 2.45) is 0 Å². The lowest BCUT2D eigenvalue weighted by molar-refractivity contribution is -0.137. The van der Waals surface area contributed by atoms with Gasteiger partial charge in [-0.1, -0.05) is 0 Å². The van der Waals surface area contributed by atoms with Crippen LogP contribution in [0.3, 0.4) is 0 Å². The largest absolute Gasteiger partial charge is 0.463 e. The van der Waals surface area contributed by atoms with Gasteiger partial charge in [0.25, 0.3) is 0 Å². The summed E-state index contributed by atoms with van der Waals surface area (Å²) in [6.07, 6.45) is 5.08. The zero-order valence-corrected chi connectivity index (χ0v) is 7.74. The third-order valence-electron chi connectivity index (χ3n) is 1.49. The minimum atomic E-state index is -0.483. The van der Waals surface area contributed by atoms with Crippen LogP contribution in [0.2, 0.25) is 0 Å². The third-order valence-corrected chi connectivity index (χ3v) is 1.49. The second-order valence-corrected chi connectivity index (χ2v) is 2.48. The summed E-state index contributed by atoms with van der Waals surface area (Å²) in [5, 5.41) is 0. The fraction of sp³-hybridized carbons (Fsp3) is 0.200. The fourth-order valence-corrected chi connectivity index (χ4v) is 0.869. The Kier molecular flexibility index (Phi) is 3.79. The maximum absolute atomic E-state index is 13.0. The van der Waals surface area contributed by atoms with E-state index >= 15 is 0 Å². The molecule has 0 aliphatic heterocycles. The lowest BCUT2D eigenvalue weighted by Crippen LogP contribution is -1.98. The highest BCUT2D eigenvalue weighted by Crippen LogP contribution is 2.06. The molecule has 1 aromatic rings. The zero-order chi connectivity index (χ0) is 10.4. The van der Waals surface area contributed by atoms with E-state index in [2.05, 4.69) is 9.72 Å². The van der Waals surface area contributed by atoms with Crippen molar-refractivity contribution in [2.75, 3.05) is 6.61 Å². The molecule has 0 amide bonds. The molecule has 0 aliphatic rings. The number of carbonyl (C=O) groups is 1. The molecule has 0 radical (unpaired) electrons. The van der Waals surface area contributed by atoms with Crippen LogP contribution in [-0.4, -0.2) is 17.6 Å². The van der Waals surface area contributed by atoms with Gasteiger partial charge in [0.15, 0.2) is 0 Å². The Morgan fingerprint density at radius 2 is 2.50 bits per heavy atom. The van der Waals surface area contributed by atoms with E-state index in [4.69, 9.17) is 0 Å². The highest BCUT2D eigenvalue weighted by molar-refractivity contribution is 5.86. The first-order valence-corrected chi connectivity index (χ1v) is 4.18. The van der Waals surface area contributed by atoms with E-state index in [-0.39, 0.29) is 0 Å². The van der Waals surface area contributed by atoms with Crippen molar-refractivity contribution >= 4 is 12.0 Å². The monoisotopic (exact) mass is 195 g/mol. The Morgan fingerprint density at radius 3 is 3.14 bits per heavy atom. The average molecular weight is 195 g/mol. The van der Waals surface area contributed by atoms with Gasteiger partial charge in [-0.15, -0.1) is 0 Å². The van der Waals surface area contributed by atoms with Crippen molar-refractivity contribution in [3.63, 3.8) is 0 Å². The first-order valence-electron chi connectivity index (χ1n) is 4.18. The molecule has 0 fully saturated rings. The summed E-state index contributed by atoms with van der Waals surface area (Å²) in [6.45, 7) is 2.01. The maximum Gasteiger partial charge on any atom is 0.330 e. The summed E-state index contributed by atoms with van der Waals surface area (Å²) in [6, 6.07) is 1.48. The Morgan fingerprint density at radius 1 is 1.71 bits per heavy atom. The van der Waals surface area contributed by atoms with Gasteiger partial charge >= 0.3 is 5.97 Å². The highest BCUT2D eigenvalue weighted by Gasteiger charge is 1.98. The van der Waals surface area contributed by atoms with Gasteiger partial charge in [-0.2, -0.15) is 0 Å². The molecule has 14 heavy (non-hydrogen) atoms. The predicted molar refractivity (Wildman–Crippen MR) is 49.9 cm³/mol. The van der Waals surface area contributed by atoms with E-state index in [9.17, 15) is 9.18 Å². The molecule has 4 heteroatoms. The average Bonchev–Trinajstić information content (AvgIpc) is 2.17. The van der Waals surface area contributed by atoms with E-state index in [1.54, 1.807) is 6.92 Å². The molecule has 1 rings (SSSR count). The second kappa shape index (κ2) is 5.11. The summed E-state index contributed by atoms with van der Waals surface area (Å²) in [5.74, 6) is -0.947. The second-order valence-electron chi connectivity index (χ2n) is 2.48. The minimum absolute atomic E-state index is 0.308. The van der Waals surface area contributed by atoms with Gasteiger partial charge in [0.1, 0.15) is 5.82 Å². The SMILES string of the molecule is CCOC(=O)/C=C/c1ccncc1F. The molecule has 0 saturated carbocycles. The summed E-state index contributed by atoms with van der Waals surface area (Å²) in [5.41, 5.74) is 0.313. The molecule has 0 bridgehead atoms. The van der Waals surface area contributed by atoms with Gasteiger partial charge in [0, 0.05) is 17.8 Å². The maximum atomic E-state index is 13.0. The summed E-state index contributed by atoms with van der Waals surface area (Å²) >= 11 is 0. The number of hydrogen-bond donors (Lipinski definition) is 0. The van der Waals surface area contributed by atoms with Crippen LogP contribution >= 0.6 is 0 Å². The number of nitrogens with zero attached hydrogens (tertiary/aromatic N) is 1. The Hall–Kier alpha value is -1.71. The first kappa shape index (κ1) is 10.4. The quantitative estimate of drug-likeness (QED) is 0.545. The Bertz CT molecular complexity index is 350. The molecule has 0 aromatic carbocycles. The van der Waals surface area contributed by atoms with Crippen LogP contribution in [0.5, 0.6) is 0 Å². The van der Waals surface area contributed by atoms with Crippen LogP contribution in [0.4, 0.5) is 4.39 Å². The molecule has 0 saturated heterocycles. The van der Waals surface area contributed by atoms with Gasteiger partial charge in [-0.25, -0.2) is 9.18 Å². The van der Waals surface area contributed by atoms with Crippen LogP contribution < -0.4 is 0 Å². The van der Waals surface area contributed by atoms with E-state index in [1.807, 2.05) is 0 Å². The smallest absolute Gasteiger partial charge is 0.330 e. The number of aromatic nitrogens is 1. The lowest BCUT2D eigenvalue weighted by atomic mass is 10.2. The number of ether oxygens (including phenoxy) is 1. The normalized spacial score (nSPS) is 10.4. The lowest BCUT2D eigenvalue weighted by Gasteiger charge is -1.96. The molecule has 1 heterocycles. The van der Waals surface area contributed by atoms with E-state index < -0.39 is 11.8 Å². The third kappa shape index (κ3) is 2.97. The van der Waals surface area contributed by atoms with Gasteiger partial charge in [-0.05, 0) is 19.1 Å². The van der Waals surface area contributed by atoms with Crippen molar-refractivity contribution in [2.45, 2.75) is 6.92 Å². The van der Waals surface area contributed by atoms with Gasteiger partial charge in [-0.3, -0.25) is 4.98 Å². The number of pyridine rings is 1. The van der Waals surface area contributed by atoms with Crippen LogP contribution in [-0.2, 0) is 9.53 Å². The van der Waals surface area contributed by atoms with Gasteiger partial charge < -0.3 is 4.74 Å². The molecule has 0 atom stereocenters. The molecule has 0 aliphatic carbocycles. The highest BCUT2D eigenvalue weighted by atomic mass is 19.1. The van der Waals surface area contributed by atoms with Crippen LogP contribution in [0.15, 0.2) is 24.5 Å². The number of esters is 1. The predicted octanol–water partition coefficient (Wildman–Crippen LogP) is 1.80. The molecule has 74 valence electrons. The standard InChI is InChI=1S/C10H10FNO2/c1-2-14-10(13)4-3-8-5-6-12-7-9(8)11/h3-7H,2H2,1H3/b4-3+. The topological polar surface area (TPSA) is 39.2 Å². The van der Waals surface area contributed by atoms with Gasteiger partial charge in [0.05, 0.1) is 12.8 Å². The van der Waals surface area contributed by atoms with Crippen molar-refractivity contribution in [3.05, 3.63) is 35.9 Å². The summed E-state index contributed by atoms with van der Waals surface area (Å²) in [7, 11) is 0. The van der Waals surface area contributed by atoms with E-state index in [0.717, 1.165) is 6.20 Å². The molecular formula is C10H10FNO2. The van der Waals surface area contributed by atoms with Crippen LogP contribution in [0.25, 0.3) is 6.08 Å². The number of halogens is 1. The molecule has 1 aromatic heterocycles. The van der Waals surface area contributed by atoms with Crippen molar-refractivity contribution in [3.8, 4) is 0 Å². The Labute approximate surface area is 81.2 Å². The fourth-order valence-electron chi connectivity index (χ4n) is 0.869. The van der Waals surface area contributed by atoms with Crippen LogP contribution in [0.1, 0.15) is 12.5 Å². The van der Waals surface area contributed by atoms with Gasteiger partial charge in [0.2, 0.25) is 0 Å². The van der Waals surface area contributed by atoms with E-state index in [0.29, 0.717) is 12.2 Å². The molecule has 3 nitrogen and oxygen atoms in total. The molecule has 0 unspecified atom stereocenters. The summed E-state index contributed by atoms with van der Waals surface area (Å²) < 4.78 is 17.6. The zero-order valence-electron chi connectivity index (χ0n) is 7.74. The van der Waals surface area contributed by atoms with Crippen molar-refractivity contribution < 1.29 is 13.9 Å². The van der Waals surface area contributed by atoms with Crippen molar-refractivity contribution in [1.82, 2.24) is 4.98 Å². The van der Waals surface area contributed by atoms with E-state index in [1.165, 1.54) is 24.4 Å². The number of rotatable bonds is 3. The van der Waals surface area contributed by atoms with Crippen LogP contribution in [0, 0.1) is 5.82 Å². The molecule has 0 spiro atoms. The number of hydrogen-bond acceptors (Lipinski definition) is 3. The molecular weight excluding hydrogens is 185 g/mol. The summed E-state index contributed by atoms with van der Waals surface area (Å²) in [4.78, 5) is 14.5. The Balaban J connectivity index is 2.69. The minimum Gasteiger partial charge on any atom is -0.463 e.